The van der Waals surface area contributed by atoms with E-state index in [9.17, 15) is 4.79 Å². The summed E-state index contributed by atoms with van der Waals surface area (Å²) in [4.78, 5) is 18.3. The summed E-state index contributed by atoms with van der Waals surface area (Å²) in [6.45, 7) is 13.7. The minimum absolute atomic E-state index is 0. The van der Waals surface area contributed by atoms with Crippen molar-refractivity contribution in [1.29, 1.82) is 0 Å². The molecule has 0 spiro atoms. The summed E-state index contributed by atoms with van der Waals surface area (Å²) in [7, 11) is 1.86. The lowest BCUT2D eigenvalue weighted by molar-refractivity contribution is -0.132. The van der Waals surface area contributed by atoms with Crippen molar-refractivity contribution in [3.05, 3.63) is 29.8 Å². The number of carbonyl (C=O) groups excluding carboxylic acids is 1. The Morgan fingerprint density at radius 3 is 2.53 bits per heavy atom. The number of guanidine groups is 1. The van der Waals surface area contributed by atoms with Crippen molar-refractivity contribution in [3.63, 3.8) is 0 Å². The van der Waals surface area contributed by atoms with Crippen LogP contribution in [0, 0.1) is 5.92 Å². The zero-order valence-electron chi connectivity index (χ0n) is 19.3. The summed E-state index contributed by atoms with van der Waals surface area (Å²) >= 11 is 0. The molecule has 30 heavy (non-hydrogen) atoms. The van der Waals surface area contributed by atoms with Crippen molar-refractivity contribution >= 4 is 35.8 Å². The van der Waals surface area contributed by atoms with Crippen LogP contribution in [0.5, 0.6) is 5.75 Å². The molecule has 1 unspecified atom stereocenters. The first-order valence-corrected chi connectivity index (χ1v) is 10.7. The topological polar surface area (TPSA) is 66.0 Å². The Bertz CT molecular complexity index is 689. The SMILES string of the molecule is CCNC(=NCC(C)(C)c1ccc(OCC(C)C)cc1)NC1CCC(=O)N(C)C1.I. The van der Waals surface area contributed by atoms with Gasteiger partial charge in [-0.15, -0.1) is 24.0 Å². The average Bonchev–Trinajstić information content (AvgIpc) is 2.68. The van der Waals surface area contributed by atoms with E-state index in [1.165, 1.54) is 5.56 Å². The third-order valence-corrected chi connectivity index (χ3v) is 5.16. The Kier molecular flexibility index (Phi) is 10.9. The van der Waals surface area contributed by atoms with Gasteiger partial charge in [-0.3, -0.25) is 9.79 Å². The van der Waals surface area contributed by atoms with Gasteiger partial charge in [-0.1, -0.05) is 39.8 Å². The lowest BCUT2D eigenvalue weighted by Crippen LogP contribution is -2.52. The van der Waals surface area contributed by atoms with Gasteiger partial charge in [-0.05, 0) is 37.0 Å². The van der Waals surface area contributed by atoms with Crippen LogP contribution >= 0.6 is 24.0 Å². The van der Waals surface area contributed by atoms with Gasteiger partial charge in [-0.2, -0.15) is 0 Å². The second kappa shape index (κ2) is 12.4. The Hall–Kier alpha value is -1.51. The fourth-order valence-electron chi connectivity index (χ4n) is 3.28. The Balaban J connectivity index is 0.00000450. The maximum absolute atomic E-state index is 11.7. The largest absolute Gasteiger partial charge is 0.493 e. The molecular formula is C23H39IN4O2. The number of nitrogens with zero attached hydrogens (tertiary/aromatic N) is 2. The average molecular weight is 530 g/mol. The lowest BCUT2D eigenvalue weighted by atomic mass is 9.85. The summed E-state index contributed by atoms with van der Waals surface area (Å²) in [5, 5.41) is 6.83. The molecule has 1 heterocycles. The Morgan fingerprint density at radius 1 is 1.30 bits per heavy atom. The van der Waals surface area contributed by atoms with Crippen LogP contribution in [0.15, 0.2) is 29.3 Å². The van der Waals surface area contributed by atoms with E-state index in [2.05, 4.69) is 57.4 Å². The van der Waals surface area contributed by atoms with E-state index < -0.39 is 0 Å². The number of halogens is 1. The predicted molar refractivity (Wildman–Crippen MR) is 135 cm³/mol. The standard InChI is InChI=1S/C23H38N4O2.HI/c1-7-24-22(26-19-10-13-21(28)27(6)14-19)25-16-23(4,5)18-8-11-20(12-9-18)29-15-17(2)3;/h8-9,11-12,17,19H,7,10,13-16H2,1-6H3,(H2,24,25,26);1H. The van der Waals surface area contributed by atoms with Gasteiger partial charge in [0.05, 0.1) is 13.2 Å². The van der Waals surface area contributed by atoms with E-state index in [0.717, 1.165) is 31.3 Å². The number of likely N-dealkylation sites (N-methyl/N-ethyl adjacent to an activating group) is 1. The maximum Gasteiger partial charge on any atom is 0.222 e. The van der Waals surface area contributed by atoms with Crippen molar-refractivity contribution < 1.29 is 9.53 Å². The second-order valence-electron chi connectivity index (χ2n) is 8.96. The Morgan fingerprint density at radius 2 is 1.97 bits per heavy atom. The van der Waals surface area contributed by atoms with E-state index in [0.29, 0.717) is 25.4 Å². The number of ether oxygens (including phenoxy) is 1. The third kappa shape index (κ3) is 8.32. The second-order valence-corrected chi connectivity index (χ2v) is 8.96. The first-order valence-electron chi connectivity index (χ1n) is 10.7. The monoisotopic (exact) mass is 530 g/mol. The normalized spacial score (nSPS) is 17.6. The minimum Gasteiger partial charge on any atom is -0.493 e. The van der Waals surface area contributed by atoms with Crippen molar-refractivity contribution in [1.82, 2.24) is 15.5 Å². The van der Waals surface area contributed by atoms with Gasteiger partial charge in [0.25, 0.3) is 0 Å². The molecule has 0 aromatic heterocycles. The fraction of sp³-hybridized carbons (Fsp3) is 0.652. The summed E-state index contributed by atoms with van der Waals surface area (Å²) in [6, 6.07) is 8.58. The van der Waals surface area contributed by atoms with Gasteiger partial charge in [0.15, 0.2) is 5.96 Å². The molecule has 6 nitrogen and oxygen atoms in total. The number of rotatable bonds is 8. The van der Waals surface area contributed by atoms with Gasteiger partial charge >= 0.3 is 0 Å². The van der Waals surface area contributed by atoms with E-state index in [4.69, 9.17) is 9.73 Å². The minimum atomic E-state index is -0.0990. The van der Waals surface area contributed by atoms with Crippen LogP contribution in [0.1, 0.15) is 53.0 Å². The number of likely N-dealkylation sites (tertiary alicyclic amines) is 1. The molecule has 1 saturated heterocycles. The van der Waals surface area contributed by atoms with Crippen molar-refractivity contribution in [3.8, 4) is 5.75 Å². The molecule has 1 aromatic carbocycles. The first kappa shape index (κ1) is 26.5. The molecule has 0 aliphatic carbocycles. The summed E-state index contributed by atoms with van der Waals surface area (Å²) in [6.07, 6.45) is 1.43. The molecule has 2 rings (SSSR count). The molecule has 7 heteroatoms. The number of amides is 1. The molecule has 1 atom stereocenters. The smallest absolute Gasteiger partial charge is 0.222 e. The van der Waals surface area contributed by atoms with Crippen LogP contribution in [0.25, 0.3) is 0 Å². The summed E-state index contributed by atoms with van der Waals surface area (Å²) in [5.74, 6) is 2.45. The molecule has 1 aliphatic rings. The van der Waals surface area contributed by atoms with Crippen LogP contribution in [0.4, 0.5) is 0 Å². The predicted octanol–water partition coefficient (Wildman–Crippen LogP) is 3.79. The number of hydrogen-bond donors (Lipinski definition) is 2. The number of benzene rings is 1. The molecule has 1 fully saturated rings. The third-order valence-electron chi connectivity index (χ3n) is 5.16. The zero-order valence-corrected chi connectivity index (χ0v) is 21.7. The molecular weight excluding hydrogens is 491 g/mol. The van der Waals surface area contributed by atoms with Crippen LogP contribution < -0.4 is 15.4 Å². The van der Waals surface area contributed by atoms with E-state index in [-0.39, 0.29) is 41.3 Å². The van der Waals surface area contributed by atoms with E-state index >= 15 is 0 Å². The van der Waals surface area contributed by atoms with Crippen LogP contribution in [0.2, 0.25) is 0 Å². The molecule has 0 radical (unpaired) electrons. The molecule has 2 N–H and O–H groups in total. The highest BCUT2D eigenvalue weighted by Gasteiger charge is 2.24. The number of carbonyl (C=O) groups is 1. The van der Waals surface area contributed by atoms with Gasteiger partial charge in [0.1, 0.15) is 5.75 Å². The highest BCUT2D eigenvalue weighted by molar-refractivity contribution is 14.0. The van der Waals surface area contributed by atoms with Crippen molar-refractivity contribution in [2.24, 2.45) is 10.9 Å². The quantitative estimate of drug-likeness (QED) is 0.305. The van der Waals surface area contributed by atoms with Crippen LogP contribution in [-0.2, 0) is 10.2 Å². The fourth-order valence-corrected chi connectivity index (χ4v) is 3.28. The van der Waals surface area contributed by atoms with Crippen molar-refractivity contribution in [2.75, 3.05) is 33.3 Å². The van der Waals surface area contributed by atoms with Crippen LogP contribution in [-0.4, -0.2) is 56.1 Å². The maximum atomic E-state index is 11.7. The first-order chi connectivity index (χ1) is 13.7. The molecule has 170 valence electrons. The van der Waals surface area contributed by atoms with Gasteiger partial charge in [0, 0.05) is 38.0 Å². The molecule has 0 bridgehead atoms. The van der Waals surface area contributed by atoms with Crippen molar-refractivity contribution in [2.45, 2.75) is 58.9 Å². The number of hydrogen-bond acceptors (Lipinski definition) is 3. The number of nitrogens with one attached hydrogen (secondary N) is 2. The Labute approximate surface area is 199 Å². The summed E-state index contributed by atoms with van der Waals surface area (Å²) < 4.78 is 5.79. The van der Waals surface area contributed by atoms with E-state index in [1.807, 2.05) is 19.2 Å². The highest BCUT2D eigenvalue weighted by atomic mass is 127. The van der Waals surface area contributed by atoms with Gasteiger partial charge in [-0.25, -0.2) is 0 Å². The van der Waals surface area contributed by atoms with Gasteiger partial charge < -0.3 is 20.3 Å². The van der Waals surface area contributed by atoms with Crippen LogP contribution in [0.3, 0.4) is 0 Å². The lowest BCUT2D eigenvalue weighted by Gasteiger charge is -2.31. The molecule has 1 amide bonds. The molecule has 1 aromatic rings. The highest BCUT2D eigenvalue weighted by Crippen LogP contribution is 2.26. The van der Waals surface area contributed by atoms with Gasteiger partial charge in [0.2, 0.25) is 5.91 Å². The number of piperidine rings is 1. The zero-order chi connectivity index (χ0) is 21.4. The molecule has 1 aliphatic heterocycles. The number of aliphatic imine (C=N–C) groups is 1. The molecule has 0 saturated carbocycles. The summed E-state index contributed by atoms with van der Waals surface area (Å²) in [5.41, 5.74) is 1.13. The van der Waals surface area contributed by atoms with E-state index in [1.54, 1.807) is 4.90 Å².